The number of anilines is 1. The summed E-state index contributed by atoms with van der Waals surface area (Å²) in [6.07, 6.45) is -5.37. The Bertz CT molecular complexity index is 908. The number of carbonyl (C=O) groups is 1. The molecule has 0 aliphatic carbocycles. The largest absolute Gasteiger partial charge is 0.416 e. The van der Waals surface area contributed by atoms with Gasteiger partial charge in [-0.15, -0.1) is 0 Å². The molecule has 0 fully saturated rings. The lowest BCUT2D eigenvalue weighted by molar-refractivity contribution is -0.137. The number of benzene rings is 2. The third-order valence-electron chi connectivity index (χ3n) is 3.94. The molecule has 1 unspecified atom stereocenters. The highest BCUT2D eigenvalue weighted by Crippen LogP contribution is 2.29. The molecule has 0 aliphatic heterocycles. The summed E-state index contributed by atoms with van der Waals surface area (Å²) in [6, 6.07) is 10.1. The Morgan fingerprint density at radius 2 is 1.64 bits per heavy atom. The van der Waals surface area contributed by atoms with Crippen LogP contribution in [0.25, 0.3) is 0 Å². The molecule has 0 saturated carbocycles. The standard InChI is InChI=1S/C19H20F3NO4S/c1-3-16(27-28(25,26)17-10-4-13(2)5-11-17)12-18(24)23-15-8-6-14(7-9-15)19(20,21)22/h4-11,16H,3,12H2,1-2H3,(H,23,24). The van der Waals surface area contributed by atoms with E-state index in [1.54, 1.807) is 19.1 Å². The van der Waals surface area contributed by atoms with Gasteiger partial charge in [0, 0.05) is 5.69 Å². The molecule has 1 atom stereocenters. The van der Waals surface area contributed by atoms with Crippen LogP contribution in [0, 0.1) is 6.92 Å². The van der Waals surface area contributed by atoms with Gasteiger partial charge in [0.25, 0.3) is 10.1 Å². The van der Waals surface area contributed by atoms with Crippen molar-refractivity contribution >= 4 is 21.7 Å². The van der Waals surface area contributed by atoms with Crippen molar-refractivity contribution in [3.05, 3.63) is 59.7 Å². The smallest absolute Gasteiger partial charge is 0.326 e. The molecule has 2 aromatic rings. The first kappa shape index (κ1) is 21.9. The van der Waals surface area contributed by atoms with E-state index in [1.807, 2.05) is 6.92 Å². The van der Waals surface area contributed by atoms with Crippen LogP contribution in [0.4, 0.5) is 18.9 Å². The van der Waals surface area contributed by atoms with E-state index >= 15 is 0 Å². The topological polar surface area (TPSA) is 72.5 Å². The lowest BCUT2D eigenvalue weighted by Gasteiger charge is -2.16. The molecule has 5 nitrogen and oxygen atoms in total. The van der Waals surface area contributed by atoms with Gasteiger partial charge in [-0.05, 0) is 49.7 Å². The minimum atomic E-state index is -4.46. The molecule has 1 N–H and O–H groups in total. The van der Waals surface area contributed by atoms with Gasteiger partial charge in [-0.3, -0.25) is 8.98 Å². The average Bonchev–Trinajstić information content (AvgIpc) is 2.61. The first-order valence-electron chi connectivity index (χ1n) is 8.48. The van der Waals surface area contributed by atoms with E-state index in [4.69, 9.17) is 4.18 Å². The predicted molar refractivity (Wildman–Crippen MR) is 98.2 cm³/mol. The van der Waals surface area contributed by atoms with E-state index in [0.29, 0.717) is 0 Å². The van der Waals surface area contributed by atoms with Crippen LogP contribution >= 0.6 is 0 Å². The van der Waals surface area contributed by atoms with Gasteiger partial charge >= 0.3 is 6.18 Å². The Morgan fingerprint density at radius 3 is 2.14 bits per heavy atom. The fourth-order valence-corrected chi connectivity index (χ4v) is 3.49. The van der Waals surface area contributed by atoms with E-state index in [9.17, 15) is 26.4 Å². The quantitative estimate of drug-likeness (QED) is 0.675. The Labute approximate surface area is 161 Å². The second-order valence-corrected chi connectivity index (χ2v) is 7.79. The Kier molecular flexibility index (Phi) is 6.84. The van der Waals surface area contributed by atoms with Crippen LogP contribution in [-0.4, -0.2) is 20.4 Å². The molecule has 2 aromatic carbocycles. The van der Waals surface area contributed by atoms with Crippen LogP contribution in [0.2, 0.25) is 0 Å². The zero-order valence-corrected chi connectivity index (χ0v) is 16.1. The van der Waals surface area contributed by atoms with Crippen LogP contribution in [0.15, 0.2) is 53.4 Å². The van der Waals surface area contributed by atoms with Crippen molar-refractivity contribution in [1.82, 2.24) is 0 Å². The fraction of sp³-hybridized carbons (Fsp3) is 0.316. The van der Waals surface area contributed by atoms with Crippen LogP contribution in [0.1, 0.15) is 30.9 Å². The minimum absolute atomic E-state index is 0.0142. The predicted octanol–water partition coefficient (Wildman–Crippen LogP) is 4.53. The molecule has 0 aromatic heterocycles. The minimum Gasteiger partial charge on any atom is -0.326 e. The Balaban J connectivity index is 2.00. The molecule has 152 valence electrons. The van der Waals surface area contributed by atoms with Crippen molar-refractivity contribution in [3.63, 3.8) is 0 Å². The summed E-state index contributed by atoms with van der Waals surface area (Å²) >= 11 is 0. The molecule has 0 spiro atoms. The third kappa shape index (κ3) is 6.07. The number of carbonyl (C=O) groups excluding carboxylic acids is 1. The molecule has 28 heavy (non-hydrogen) atoms. The Morgan fingerprint density at radius 1 is 1.07 bits per heavy atom. The molecule has 2 rings (SSSR count). The highest BCUT2D eigenvalue weighted by Gasteiger charge is 2.30. The molecular weight excluding hydrogens is 395 g/mol. The van der Waals surface area contributed by atoms with Gasteiger partial charge < -0.3 is 5.32 Å². The van der Waals surface area contributed by atoms with Crippen LogP contribution in [-0.2, 0) is 25.3 Å². The van der Waals surface area contributed by atoms with E-state index < -0.39 is 33.9 Å². The van der Waals surface area contributed by atoms with Crippen LogP contribution in [0.3, 0.4) is 0 Å². The normalized spacial score (nSPS) is 13.2. The summed E-state index contributed by atoms with van der Waals surface area (Å²) in [4.78, 5) is 12.1. The van der Waals surface area contributed by atoms with Gasteiger partial charge in [-0.25, -0.2) is 0 Å². The monoisotopic (exact) mass is 415 g/mol. The number of aryl methyl sites for hydroxylation is 1. The SMILES string of the molecule is CCC(CC(=O)Nc1ccc(C(F)(F)F)cc1)OS(=O)(=O)c1ccc(C)cc1. The molecule has 0 radical (unpaired) electrons. The number of hydrogen-bond donors (Lipinski definition) is 1. The van der Waals surface area contributed by atoms with E-state index in [-0.39, 0.29) is 23.4 Å². The van der Waals surface area contributed by atoms with Crippen molar-refractivity contribution < 1.29 is 30.6 Å². The van der Waals surface area contributed by atoms with Crippen LogP contribution in [0.5, 0.6) is 0 Å². The number of nitrogens with one attached hydrogen (secondary N) is 1. The van der Waals surface area contributed by atoms with Crippen molar-refractivity contribution in [3.8, 4) is 0 Å². The highest BCUT2D eigenvalue weighted by atomic mass is 32.2. The van der Waals surface area contributed by atoms with Crippen molar-refractivity contribution in [2.75, 3.05) is 5.32 Å². The summed E-state index contributed by atoms with van der Waals surface area (Å²) in [5.74, 6) is -0.564. The number of alkyl halides is 3. The van der Waals surface area contributed by atoms with Gasteiger partial charge in [0.2, 0.25) is 5.91 Å². The Hall–Kier alpha value is -2.39. The molecule has 0 heterocycles. The molecule has 0 aliphatic rings. The van der Waals surface area contributed by atoms with E-state index in [2.05, 4.69) is 5.32 Å². The van der Waals surface area contributed by atoms with Gasteiger partial charge in [-0.2, -0.15) is 21.6 Å². The van der Waals surface area contributed by atoms with Crippen LogP contribution < -0.4 is 5.32 Å². The summed E-state index contributed by atoms with van der Waals surface area (Å²) in [5.41, 5.74) is 0.237. The first-order valence-corrected chi connectivity index (χ1v) is 9.89. The maximum absolute atomic E-state index is 12.6. The number of halogens is 3. The molecule has 9 heteroatoms. The van der Waals surface area contributed by atoms with Gasteiger partial charge in [-0.1, -0.05) is 24.6 Å². The zero-order valence-electron chi connectivity index (χ0n) is 15.3. The maximum atomic E-state index is 12.6. The average molecular weight is 415 g/mol. The molecule has 0 saturated heterocycles. The fourth-order valence-electron chi connectivity index (χ4n) is 2.35. The van der Waals surface area contributed by atoms with E-state index in [0.717, 1.165) is 29.8 Å². The van der Waals surface area contributed by atoms with Gasteiger partial charge in [0.1, 0.15) is 0 Å². The number of rotatable bonds is 7. The summed E-state index contributed by atoms with van der Waals surface area (Å²) in [7, 11) is -4.03. The third-order valence-corrected chi connectivity index (χ3v) is 5.31. The summed E-state index contributed by atoms with van der Waals surface area (Å²) < 4.78 is 67.5. The van der Waals surface area contributed by atoms with Crippen molar-refractivity contribution in [2.45, 2.75) is 43.9 Å². The number of amides is 1. The van der Waals surface area contributed by atoms with Crippen molar-refractivity contribution in [2.24, 2.45) is 0 Å². The van der Waals surface area contributed by atoms with Crippen molar-refractivity contribution in [1.29, 1.82) is 0 Å². The highest BCUT2D eigenvalue weighted by molar-refractivity contribution is 7.86. The van der Waals surface area contributed by atoms with E-state index in [1.165, 1.54) is 12.1 Å². The second kappa shape index (κ2) is 8.74. The maximum Gasteiger partial charge on any atom is 0.416 e. The summed E-state index contributed by atoms with van der Waals surface area (Å²) in [6.45, 7) is 3.48. The second-order valence-electron chi connectivity index (χ2n) is 6.22. The zero-order chi connectivity index (χ0) is 20.9. The number of hydrogen-bond acceptors (Lipinski definition) is 4. The lowest BCUT2D eigenvalue weighted by atomic mass is 10.1. The first-order chi connectivity index (χ1) is 13.0. The van der Waals surface area contributed by atoms with Gasteiger partial charge in [0.05, 0.1) is 23.0 Å². The molecular formula is C19H20F3NO4S. The van der Waals surface area contributed by atoms with Gasteiger partial charge in [0.15, 0.2) is 0 Å². The summed E-state index contributed by atoms with van der Waals surface area (Å²) in [5, 5.41) is 2.44. The lowest BCUT2D eigenvalue weighted by Crippen LogP contribution is -2.24. The molecule has 1 amide bonds. The molecule has 0 bridgehead atoms.